The minimum Gasteiger partial charge on any atom is -0.379 e. The minimum atomic E-state index is -3.62. The summed E-state index contributed by atoms with van der Waals surface area (Å²) in [6, 6.07) is 1.59. The van der Waals surface area contributed by atoms with Crippen molar-refractivity contribution in [2.24, 2.45) is 5.73 Å². The maximum atomic E-state index is 12.9. The lowest BCUT2D eigenvalue weighted by Crippen LogP contribution is -2.40. The van der Waals surface area contributed by atoms with Crippen LogP contribution in [0.4, 0.5) is 0 Å². The summed E-state index contributed by atoms with van der Waals surface area (Å²) in [6.07, 6.45) is 3.71. The van der Waals surface area contributed by atoms with Crippen LogP contribution in [-0.4, -0.2) is 49.2 Å². The highest BCUT2D eigenvalue weighted by molar-refractivity contribution is 7.89. The zero-order valence-electron chi connectivity index (χ0n) is 14.1. The molecule has 26 heavy (non-hydrogen) atoms. The van der Waals surface area contributed by atoms with E-state index < -0.39 is 15.6 Å². The van der Waals surface area contributed by atoms with Crippen LogP contribution in [0.25, 0.3) is 10.8 Å². The molecule has 1 aliphatic carbocycles. The van der Waals surface area contributed by atoms with Crippen LogP contribution in [0.1, 0.15) is 31.5 Å². The highest BCUT2D eigenvalue weighted by Crippen LogP contribution is 2.38. The molecular formula is C15H21ClN4O4S2. The fourth-order valence-corrected chi connectivity index (χ4v) is 6.05. The summed E-state index contributed by atoms with van der Waals surface area (Å²) in [7, 11) is -3.62. The lowest BCUT2D eigenvalue weighted by atomic mass is 9.99. The molecule has 2 aromatic heterocycles. The number of morpholine rings is 1. The summed E-state index contributed by atoms with van der Waals surface area (Å²) in [5.74, 6) is 0.677. The third kappa shape index (κ3) is 3.41. The monoisotopic (exact) mass is 420 g/mol. The second kappa shape index (κ2) is 7.53. The highest BCUT2D eigenvalue weighted by atomic mass is 35.5. The Morgan fingerprint density at radius 3 is 2.62 bits per heavy atom. The summed E-state index contributed by atoms with van der Waals surface area (Å²) in [6.45, 7) is 1.50. The molecule has 11 heteroatoms. The summed E-state index contributed by atoms with van der Waals surface area (Å²) in [5.41, 5.74) is 5.80. The first-order valence-corrected chi connectivity index (χ1v) is 10.6. The van der Waals surface area contributed by atoms with Gasteiger partial charge in [-0.3, -0.25) is 0 Å². The van der Waals surface area contributed by atoms with Crippen molar-refractivity contribution in [3.63, 3.8) is 0 Å². The molecule has 3 heterocycles. The van der Waals surface area contributed by atoms with Crippen molar-refractivity contribution in [3.8, 4) is 10.8 Å². The average Bonchev–Trinajstić information content (AvgIpc) is 3.35. The van der Waals surface area contributed by atoms with Gasteiger partial charge in [0.05, 0.1) is 18.8 Å². The van der Waals surface area contributed by atoms with E-state index in [1.807, 2.05) is 0 Å². The van der Waals surface area contributed by atoms with E-state index in [-0.39, 0.29) is 23.2 Å². The number of nitrogens with two attached hydrogens (primary N) is 1. The number of aromatic nitrogens is 2. The van der Waals surface area contributed by atoms with Crippen molar-refractivity contribution >= 4 is 33.8 Å². The van der Waals surface area contributed by atoms with Crippen molar-refractivity contribution in [1.29, 1.82) is 0 Å². The van der Waals surface area contributed by atoms with E-state index in [0.29, 0.717) is 37.0 Å². The lowest BCUT2D eigenvalue weighted by molar-refractivity contribution is 0.0730. The standard InChI is InChI=1S/C15H20N4O4S2.ClH/c16-15(4-1-2-5-15)14-17-13(23-18-14)12-11(3-10-24-12)25(20,21)19-6-8-22-9-7-19;/h3,10H,1-2,4-9,16H2;1H. The number of sulfonamides is 1. The largest absolute Gasteiger partial charge is 0.379 e. The molecule has 0 bridgehead atoms. The molecule has 0 unspecified atom stereocenters. The minimum absolute atomic E-state index is 0. The topological polar surface area (TPSA) is 112 Å². The predicted molar refractivity (Wildman–Crippen MR) is 98.8 cm³/mol. The Morgan fingerprint density at radius 2 is 1.92 bits per heavy atom. The van der Waals surface area contributed by atoms with Crippen LogP contribution < -0.4 is 5.73 Å². The van der Waals surface area contributed by atoms with Gasteiger partial charge in [-0.15, -0.1) is 23.7 Å². The Bertz CT molecular complexity index is 855. The zero-order valence-corrected chi connectivity index (χ0v) is 16.5. The van der Waals surface area contributed by atoms with Gasteiger partial charge in [0.25, 0.3) is 5.89 Å². The summed E-state index contributed by atoms with van der Waals surface area (Å²) in [5, 5.41) is 5.75. The molecular weight excluding hydrogens is 400 g/mol. The fraction of sp³-hybridized carbons (Fsp3) is 0.600. The van der Waals surface area contributed by atoms with E-state index in [4.69, 9.17) is 15.0 Å². The molecule has 0 atom stereocenters. The molecule has 0 amide bonds. The first-order chi connectivity index (χ1) is 12.0. The molecule has 144 valence electrons. The molecule has 2 aliphatic rings. The van der Waals surface area contributed by atoms with Crippen LogP contribution in [0, 0.1) is 0 Å². The fourth-order valence-electron chi connectivity index (χ4n) is 3.33. The van der Waals surface area contributed by atoms with Gasteiger partial charge in [-0.05, 0) is 24.3 Å². The molecule has 1 aliphatic heterocycles. The van der Waals surface area contributed by atoms with Crippen molar-refractivity contribution < 1.29 is 17.7 Å². The molecule has 2 N–H and O–H groups in total. The summed E-state index contributed by atoms with van der Waals surface area (Å²) >= 11 is 1.27. The van der Waals surface area contributed by atoms with Crippen LogP contribution in [-0.2, 0) is 20.3 Å². The van der Waals surface area contributed by atoms with Gasteiger partial charge < -0.3 is 15.0 Å². The van der Waals surface area contributed by atoms with E-state index in [1.54, 1.807) is 11.4 Å². The van der Waals surface area contributed by atoms with Gasteiger partial charge in [-0.1, -0.05) is 18.0 Å². The van der Waals surface area contributed by atoms with Crippen molar-refractivity contribution in [3.05, 3.63) is 17.3 Å². The maximum absolute atomic E-state index is 12.9. The molecule has 8 nitrogen and oxygen atoms in total. The third-order valence-corrected chi connectivity index (χ3v) is 7.75. The Labute approximate surface area is 162 Å². The van der Waals surface area contributed by atoms with E-state index in [2.05, 4.69) is 10.1 Å². The first-order valence-electron chi connectivity index (χ1n) is 8.29. The number of halogens is 1. The molecule has 4 rings (SSSR count). The number of rotatable bonds is 4. The highest BCUT2D eigenvalue weighted by Gasteiger charge is 2.37. The maximum Gasteiger partial charge on any atom is 0.269 e. The smallest absolute Gasteiger partial charge is 0.269 e. The van der Waals surface area contributed by atoms with Crippen molar-refractivity contribution in [1.82, 2.24) is 14.4 Å². The average molecular weight is 421 g/mol. The number of thiophene rings is 1. The Morgan fingerprint density at radius 1 is 1.23 bits per heavy atom. The number of hydrogen-bond donors (Lipinski definition) is 1. The first kappa shape index (κ1) is 19.7. The van der Waals surface area contributed by atoms with Gasteiger partial charge in [0.1, 0.15) is 9.77 Å². The summed E-state index contributed by atoms with van der Waals surface area (Å²) in [4.78, 5) is 5.09. The summed E-state index contributed by atoms with van der Waals surface area (Å²) < 4.78 is 37.9. The Balaban J connectivity index is 0.00000196. The van der Waals surface area contributed by atoms with E-state index >= 15 is 0 Å². The van der Waals surface area contributed by atoms with Gasteiger partial charge in [-0.25, -0.2) is 8.42 Å². The van der Waals surface area contributed by atoms with Crippen LogP contribution in [0.3, 0.4) is 0 Å². The quantitative estimate of drug-likeness (QED) is 0.804. The SMILES string of the molecule is Cl.NC1(c2noc(-c3sccc3S(=O)(=O)N3CCOCC3)n2)CCCC1. The second-order valence-electron chi connectivity index (χ2n) is 6.42. The van der Waals surface area contributed by atoms with E-state index in [0.717, 1.165) is 25.7 Å². The number of hydrogen-bond acceptors (Lipinski definition) is 8. The van der Waals surface area contributed by atoms with E-state index in [1.165, 1.54) is 15.6 Å². The van der Waals surface area contributed by atoms with Gasteiger partial charge in [0.2, 0.25) is 10.0 Å². The van der Waals surface area contributed by atoms with Crippen LogP contribution in [0.2, 0.25) is 0 Å². The molecule has 0 aromatic carbocycles. The van der Waals surface area contributed by atoms with Crippen LogP contribution in [0.15, 0.2) is 20.9 Å². The molecule has 0 radical (unpaired) electrons. The van der Waals surface area contributed by atoms with Crippen molar-refractivity contribution in [2.75, 3.05) is 26.3 Å². The van der Waals surface area contributed by atoms with Crippen molar-refractivity contribution in [2.45, 2.75) is 36.1 Å². The Kier molecular flexibility index (Phi) is 5.71. The molecule has 0 spiro atoms. The number of ether oxygens (including phenoxy) is 1. The third-order valence-electron chi connectivity index (χ3n) is 4.78. The molecule has 1 saturated carbocycles. The van der Waals surface area contributed by atoms with Gasteiger partial charge in [0, 0.05) is 13.1 Å². The van der Waals surface area contributed by atoms with Gasteiger partial charge in [-0.2, -0.15) is 9.29 Å². The predicted octanol–water partition coefficient (Wildman–Crippen LogP) is 1.97. The van der Waals surface area contributed by atoms with Crippen LogP contribution in [0.5, 0.6) is 0 Å². The Hall–Kier alpha value is -1.04. The van der Waals surface area contributed by atoms with Gasteiger partial charge in [0.15, 0.2) is 5.82 Å². The normalized spacial score (nSPS) is 20.8. The number of nitrogens with zero attached hydrogens (tertiary/aromatic N) is 3. The molecule has 1 saturated heterocycles. The van der Waals surface area contributed by atoms with E-state index in [9.17, 15) is 8.42 Å². The second-order valence-corrected chi connectivity index (χ2v) is 9.24. The van der Waals surface area contributed by atoms with Crippen LogP contribution >= 0.6 is 23.7 Å². The molecule has 2 aromatic rings. The lowest BCUT2D eigenvalue weighted by Gasteiger charge is -2.25. The van der Waals surface area contributed by atoms with Gasteiger partial charge >= 0.3 is 0 Å². The molecule has 2 fully saturated rings. The zero-order chi connectivity index (χ0) is 17.5.